The van der Waals surface area contributed by atoms with E-state index in [2.05, 4.69) is 20.2 Å². The molecule has 0 aromatic carbocycles. The fourth-order valence-electron chi connectivity index (χ4n) is 7.02. The lowest BCUT2D eigenvalue weighted by Gasteiger charge is -2.59. The highest BCUT2D eigenvalue weighted by molar-refractivity contribution is 5.85. The average Bonchev–Trinajstić information content (AvgIpc) is 2.81. The van der Waals surface area contributed by atoms with Gasteiger partial charge in [-0.1, -0.05) is 0 Å². The minimum Gasteiger partial charge on any atom is -0.369 e. The van der Waals surface area contributed by atoms with E-state index in [1.807, 2.05) is 11.1 Å². The Bertz CT molecular complexity index is 1010. The number of nitrogens with one attached hydrogen (secondary N) is 1. The monoisotopic (exact) mass is 489 g/mol. The largest absolute Gasteiger partial charge is 0.417 e. The van der Waals surface area contributed by atoms with Crippen molar-refractivity contribution >= 4 is 17.6 Å². The van der Waals surface area contributed by atoms with E-state index in [0.29, 0.717) is 62.1 Å². The summed E-state index contributed by atoms with van der Waals surface area (Å²) in [5.74, 6) is 2.28. The predicted molar refractivity (Wildman–Crippen MR) is 123 cm³/mol. The molecule has 4 saturated carbocycles. The van der Waals surface area contributed by atoms with E-state index in [4.69, 9.17) is 5.73 Å². The van der Waals surface area contributed by atoms with Gasteiger partial charge in [-0.2, -0.15) is 23.4 Å². The number of pyridine rings is 1. The maximum atomic E-state index is 12.8. The fraction of sp³-hybridized carbons (Fsp3) is 0.667. The van der Waals surface area contributed by atoms with Gasteiger partial charge >= 0.3 is 6.18 Å². The molecule has 3 N–H and O–H groups in total. The Kier molecular flexibility index (Phi) is 6.11. The van der Waals surface area contributed by atoms with Crippen molar-refractivity contribution in [1.82, 2.24) is 15.2 Å². The molecule has 1 aromatic heterocycles. The second-order valence-corrected chi connectivity index (χ2v) is 10.6. The van der Waals surface area contributed by atoms with Crippen LogP contribution in [0.5, 0.6) is 0 Å². The third-order valence-electron chi connectivity index (χ3n) is 8.46. The molecule has 11 heteroatoms. The molecule has 1 aromatic rings. The number of rotatable bonds is 5. The topological polar surface area (TPSA) is 111 Å². The van der Waals surface area contributed by atoms with Crippen molar-refractivity contribution in [3.63, 3.8) is 0 Å². The van der Waals surface area contributed by atoms with Crippen LogP contribution in [0.15, 0.2) is 23.3 Å². The molecule has 188 valence electrons. The molecular weight excluding hydrogens is 459 g/mol. The van der Waals surface area contributed by atoms with E-state index in [9.17, 15) is 23.2 Å². The summed E-state index contributed by atoms with van der Waals surface area (Å²) in [4.78, 5) is 24.4. The molecule has 1 aliphatic heterocycles. The number of nitrogens with two attached hydrogens (primary N) is 1. The summed E-state index contributed by atoms with van der Waals surface area (Å²) in [6.07, 6.45) is 3.10. The molecular formula is C24H30F3N7O. The van der Waals surface area contributed by atoms with Crippen LogP contribution in [0.2, 0.25) is 0 Å². The summed E-state index contributed by atoms with van der Waals surface area (Å²) < 4.78 is 38.4. The number of amides is 1. The minimum absolute atomic E-state index is 0.165. The standard InChI is InChI=1S/C24H30F3N7O/c25-24(26,27)18-1-2-20(30-12-18)34-5-3-33(4-6-34)13-19(31-14-28)32-21-16-7-15-8-17(21)11-23(9-15,10-16)22(29)35/h1-2,12,15-17,21H,3-11,13H2,(H2,29,35)(H,31,32). The first kappa shape index (κ1) is 23.9. The Morgan fingerprint density at radius 3 is 2.43 bits per heavy atom. The summed E-state index contributed by atoms with van der Waals surface area (Å²) in [5.41, 5.74) is 4.69. The van der Waals surface area contributed by atoms with E-state index in [1.54, 1.807) is 0 Å². The van der Waals surface area contributed by atoms with Crippen LogP contribution in [0, 0.1) is 34.6 Å². The molecule has 6 rings (SSSR count). The Hall–Kier alpha value is -2.87. The third-order valence-corrected chi connectivity index (χ3v) is 8.46. The third kappa shape index (κ3) is 4.68. The number of nitriles is 1. The van der Waals surface area contributed by atoms with Crippen molar-refractivity contribution in [2.24, 2.45) is 33.9 Å². The molecule has 5 fully saturated rings. The molecule has 4 bridgehead atoms. The number of alkyl halides is 3. The van der Waals surface area contributed by atoms with Crippen LogP contribution in [0.1, 0.15) is 37.7 Å². The highest BCUT2D eigenvalue weighted by atomic mass is 19.4. The van der Waals surface area contributed by atoms with Gasteiger partial charge in [-0.25, -0.2) is 4.98 Å². The molecule has 0 radical (unpaired) electrons. The highest BCUT2D eigenvalue weighted by Gasteiger charge is 2.58. The van der Waals surface area contributed by atoms with Gasteiger partial charge in [0.1, 0.15) is 11.7 Å². The van der Waals surface area contributed by atoms with Gasteiger partial charge in [0, 0.05) is 43.8 Å². The first-order valence-corrected chi connectivity index (χ1v) is 12.2. The van der Waals surface area contributed by atoms with E-state index in [-0.39, 0.29) is 17.4 Å². The molecule has 1 amide bonds. The molecule has 35 heavy (non-hydrogen) atoms. The van der Waals surface area contributed by atoms with Gasteiger partial charge in [0.15, 0.2) is 0 Å². The molecule has 4 aliphatic carbocycles. The number of halogens is 3. The molecule has 0 spiro atoms. The van der Waals surface area contributed by atoms with Gasteiger partial charge < -0.3 is 16.0 Å². The summed E-state index contributed by atoms with van der Waals surface area (Å²) >= 11 is 0. The van der Waals surface area contributed by atoms with E-state index >= 15 is 0 Å². The number of carbonyl (C=O) groups excluding carboxylic acids is 1. The van der Waals surface area contributed by atoms with Crippen LogP contribution in [-0.4, -0.2) is 60.4 Å². The summed E-state index contributed by atoms with van der Waals surface area (Å²) in [6.45, 7) is 3.10. The van der Waals surface area contributed by atoms with Gasteiger partial charge in [0.25, 0.3) is 0 Å². The number of aliphatic imine (C=N–C) groups is 1. The number of hydrogen-bond donors (Lipinski definition) is 2. The smallest absolute Gasteiger partial charge is 0.369 e. The van der Waals surface area contributed by atoms with Crippen molar-refractivity contribution in [2.75, 3.05) is 37.6 Å². The lowest BCUT2D eigenvalue weighted by atomic mass is 9.47. The number of aromatic nitrogens is 1. The minimum atomic E-state index is -4.40. The number of primary amides is 1. The van der Waals surface area contributed by atoms with Gasteiger partial charge in [-0.05, 0) is 62.0 Å². The summed E-state index contributed by atoms with van der Waals surface area (Å²) in [5, 5.41) is 12.8. The fourth-order valence-corrected chi connectivity index (χ4v) is 7.02. The van der Waals surface area contributed by atoms with Crippen LogP contribution < -0.4 is 16.0 Å². The van der Waals surface area contributed by atoms with Gasteiger partial charge in [0.05, 0.1) is 12.1 Å². The first-order valence-electron chi connectivity index (χ1n) is 12.2. The van der Waals surface area contributed by atoms with Crippen LogP contribution in [-0.2, 0) is 11.0 Å². The average molecular weight is 490 g/mol. The maximum Gasteiger partial charge on any atom is 0.417 e. The zero-order chi connectivity index (χ0) is 24.8. The molecule has 1 saturated heterocycles. The Labute approximate surface area is 202 Å². The molecule has 2 unspecified atom stereocenters. The Morgan fingerprint density at radius 1 is 1.20 bits per heavy atom. The summed E-state index contributed by atoms with van der Waals surface area (Å²) in [7, 11) is 0. The number of anilines is 1. The van der Waals surface area contributed by atoms with Crippen LogP contribution >= 0.6 is 0 Å². The number of hydrogen-bond acceptors (Lipinski definition) is 6. The van der Waals surface area contributed by atoms with Crippen molar-refractivity contribution in [1.29, 1.82) is 5.26 Å². The lowest BCUT2D eigenvalue weighted by Crippen LogP contribution is -2.62. The molecule has 5 aliphatic rings. The van der Waals surface area contributed by atoms with Crippen molar-refractivity contribution in [2.45, 2.75) is 44.3 Å². The van der Waals surface area contributed by atoms with E-state index in [1.165, 1.54) is 6.07 Å². The number of piperazine rings is 1. The van der Waals surface area contributed by atoms with E-state index < -0.39 is 11.7 Å². The van der Waals surface area contributed by atoms with Gasteiger partial charge in [-0.15, -0.1) is 0 Å². The van der Waals surface area contributed by atoms with Gasteiger partial charge in [-0.3, -0.25) is 9.69 Å². The molecule has 2 heterocycles. The predicted octanol–water partition coefficient (Wildman–Crippen LogP) is 2.37. The number of nitrogens with zero attached hydrogens (tertiary/aromatic N) is 5. The molecule has 8 nitrogen and oxygen atoms in total. The first-order chi connectivity index (χ1) is 16.7. The van der Waals surface area contributed by atoms with Crippen molar-refractivity contribution < 1.29 is 18.0 Å². The SMILES string of the molecule is N#C/N=C(\CN1CCN(c2ccc(C(F)(F)F)cn2)CC1)NC1C2CC3CC1CC(C(N)=O)(C3)C2. The normalized spacial score (nSPS) is 33.0. The lowest BCUT2D eigenvalue weighted by molar-refractivity contribution is -0.145. The van der Waals surface area contributed by atoms with Gasteiger partial charge in [0.2, 0.25) is 12.1 Å². The van der Waals surface area contributed by atoms with Crippen LogP contribution in [0.4, 0.5) is 19.0 Å². The highest BCUT2D eigenvalue weighted by Crippen LogP contribution is 2.59. The Balaban J connectivity index is 1.18. The second-order valence-electron chi connectivity index (χ2n) is 10.6. The van der Waals surface area contributed by atoms with Crippen molar-refractivity contribution in [3.05, 3.63) is 23.9 Å². The summed E-state index contributed by atoms with van der Waals surface area (Å²) in [6, 6.07) is 2.67. The quantitative estimate of drug-likeness (QED) is 0.373. The van der Waals surface area contributed by atoms with E-state index in [0.717, 1.165) is 44.4 Å². The molecule has 2 atom stereocenters. The van der Waals surface area contributed by atoms with Crippen LogP contribution in [0.3, 0.4) is 0 Å². The number of amidine groups is 1. The van der Waals surface area contributed by atoms with Crippen LogP contribution in [0.25, 0.3) is 0 Å². The van der Waals surface area contributed by atoms with Crippen molar-refractivity contribution in [3.8, 4) is 6.19 Å². The number of carbonyl (C=O) groups is 1. The Morgan fingerprint density at radius 2 is 1.89 bits per heavy atom. The zero-order valence-electron chi connectivity index (χ0n) is 19.5. The zero-order valence-corrected chi connectivity index (χ0v) is 19.5. The second kappa shape index (κ2) is 8.97. The maximum absolute atomic E-state index is 12.8.